The summed E-state index contributed by atoms with van der Waals surface area (Å²) in [6.45, 7) is 5.31. The smallest absolute Gasteiger partial charge is 0.274 e. The van der Waals surface area contributed by atoms with Gasteiger partial charge in [0, 0.05) is 43.5 Å². The third-order valence-corrected chi connectivity index (χ3v) is 7.00. The zero-order valence-corrected chi connectivity index (χ0v) is 17.4. The van der Waals surface area contributed by atoms with Gasteiger partial charge in [0.2, 0.25) is 0 Å². The molecule has 1 aromatic rings. The van der Waals surface area contributed by atoms with Crippen molar-refractivity contribution in [1.29, 1.82) is 0 Å². The molecule has 1 aliphatic heterocycles. The molecule has 6 nitrogen and oxygen atoms in total. The minimum absolute atomic E-state index is 0.120. The predicted molar refractivity (Wildman–Crippen MR) is 110 cm³/mol. The van der Waals surface area contributed by atoms with Gasteiger partial charge in [0.15, 0.2) is 5.69 Å². The molecular formula is C22H36N4O2. The van der Waals surface area contributed by atoms with Gasteiger partial charge in [-0.2, -0.15) is 5.10 Å². The Hall–Kier alpha value is -1.40. The fourth-order valence-corrected chi connectivity index (χ4v) is 5.26. The Morgan fingerprint density at radius 2 is 1.89 bits per heavy atom. The lowest BCUT2D eigenvalue weighted by atomic mass is 9.84. The number of amides is 1. The number of aliphatic hydroxyl groups is 1. The van der Waals surface area contributed by atoms with Crippen molar-refractivity contribution in [2.45, 2.75) is 95.7 Å². The summed E-state index contributed by atoms with van der Waals surface area (Å²) < 4.78 is 2.04. The molecule has 4 rings (SSSR count). The van der Waals surface area contributed by atoms with Crippen molar-refractivity contribution in [2.75, 3.05) is 19.6 Å². The van der Waals surface area contributed by atoms with Crippen molar-refractivity contribution in [3.05, 3.63) is 17.0 Å². The quantitative estimate of drug-likeness (QED) is 0.814. The second-order valence-electron chi connectivity index (χ2n) is 9.05. The normalized spacial score (nSPS) is 24.8. The zero-order valence-electron chi connectivity index (χ0n) is 17.4. The molecule has 0 radical (unpaired) electrons. The van der Waals surface area contributed by atoms with Gasteiger partial charge < -0.3 is 15.3 Å². The third kappa shape index (κ3) is 4.13. The maximum absolute atomic E-state index is 13.2. The summed E-state index contributed by atoms with van der Waals surface area (Å²) in [7, 11) is 0. The number of aryl methyl sites for hydroxylation is 1. The van der Waals surface area contributed by atoms with E-state index in [4.69, 9.17) is 5.10 Å². The molecule has 6 heteroatoms. The minimum Gasteiger partial charge on any atom is -0.389 e. The summed E-state index contributed by atoms with van der Waals surface area (Å²) in [5.74, 6) is 0.120. The average Bonchev–Trinajstić information content (AvgIpc) is 3.11. The van der Waals surface area contributed by atoms with Gasteiger partial charge in [0.05, 0.1) is 5.60 Å². The van der Waals surface area contributed by atoms with Crippen LogP contribution in [0.4, 0.5) is 0 Å². The van der Waals surface area contributed by atoms with Crippen molar-refractivity contribution >= 4 is 5.91 Å². The summed E-state index contributed by atoms with van der Waals surface area (Å²) in [6, 6.07) is 0.320. The Balaban J connectivity index is 1.47. The maximum Gasteiger partial charge on any atom is 0.274 e. The van der Waals surface area contributed by atoms with Gasteiger partial charge in [0.1, 0.15) is 0 Å². The Labute approximate surface area is 168 Å². The molecule has 1 saturated carbocycles. The number of rotatable bonds is 5. The fraction of sp³-hybridized carbons (Fsp3) is 0.818. The molecule has 156 valence electrons. The van der Waals surface area contributed by atoms with Crippen LogP contribution in [0.15, 0.2) is 0 Å². The first-order valence-electron chi connectivity index (χ1n) is 11.4. The summed E-state index contributed by atoms with van der Waals surface area (Å²) >= 11 is 0. The minimum atomic E-state index is -0.543. The standard InChI is InChI=1S/C22H36N4O2/c1-2-26-19-10-9-17(23-16-22(28)11-5-3-6-12-22)15-18(19)20(24-26)21(27)25-13-7-4-8-14-25/h17,23,28H,2-16H2,1H3. The molecule has 2 heterocycles. The van der Waals surface area contributed by atoms with E-state index in [-0.39, 0.29) is 5.91 Å². The van der Waals surface area contributed by atoms with E-state index in [9.17, 15) is 9.90 Å². The average molecular weight is 389 g/mol. The van der Waals surface area contributed by atoms with Gasteiger partial charge >= 0.3 is 0 Å². The molecule has 2 N–H and O–H groups in total. The van der Waals surface area contributed by atoms with Gasteiger partial charge in [-0.15, -0.1) is 0 Å². The molecular weight excluding hydrogens is 352 g/mol. The molecule has 1 aromatic heterocycles. The highest BCUT2D eigenvalue weighted by atomic mass is 16.3. The van der Waals surface area contributed by atoms with Crippen molar-refractivity contribution in [1.82, 2.24) is 20.0 Å². The zero-order chi connectivity index (χ0) is 19.6. The van der Waals surface area contributed by atoms with Crippen LogP contribution >= 0.6 is 0 Å². The first-order valence-corrected chi connectivity index (χ1v) is 11.4. The number of nitrogens with zero attached hydrogens (tertiary/aromatic N) is 3. The predicted octanol–water partition coefficient (Wildman–Crippen LogP) is 2.67. The highest BCUT2D eigenvalue weighted by Gasteiger charge is 2.33. The number of likely N-dealkylation sites (tertiary alicyclic amines) is 1. The highest BCUT2D eigenvalue weighted by molar-refractivity contribution is 5.94. The van der Waals surface area contributed by atoms with E-state index in [1.165, 1.54) is 18.5 Å². The monoisotopic (exact) mass is 388 g/mol. The van der Waals surface area contributed by atoms with Crippen LogP contribution in [-0.4, -0.2) is 57.0 Å². The van der Waals surface area contributed by atoms with Crippen LogP contribution in [-0.2, 0) is 19.4 Å². The van der Waals surface area contributed by atoms with E-state index in [1.54, 1.807) is 0 Å². The topological polar surface area (TPSA) is 70.4 Å². The van der Waals surface area contributed by atoms with Crippen LogP contribution in [0.3, 0.4) is 0 Å². The summed E-state index contributed by atoms with van der Waals surface area (Å²) in [6.07, 6.45) is 11.6. The van der Waals surface area contributed by atoms with E-state index in [0.717, 1.165) is 83.0 Å². The van der Waals surface area contributed by atoms with Crippen molar-refractivity contribution in [3.63, 3.8) is 0 Å². The Morgan fingerprint density at radius 1 is 1.18 bits per heavy atom. The van der Waals surface area contributed by atoms with Crippen LogP contribution in [0.25, 0.3) is 0 Å². The van der Waals surface area contributed by atoms with Crippen LogP contribution < -0.4 is 5.32 Å². The van der Waals surface area contributed by atoms with E-state index in [2.05, 4.69) is 12.2 Å². The molecule has 3 aliphatic rings. The van der Waals surface area contributed by atoms with Crippen LogP contribution in [0.5, 0.6) is 0 Å². The number of carbonyl (C=O) groups excluding carboxylic acids is 1. The number of hydrogen-bond acceptors (Lipinski definition) is 4. The molecule has 1 unspecified atom stereocenters. The molecule has 1 atom stereocenters. The lowest BCUT2D eigenvalue weighted by molar-refractivity contribution is 0.00227. The van der Waals surface area contributed by atoms with E-state index in [0.29, 0.717) is 18.3 Å². The summed E-state index contributed by atoms with van der Waals surface area (Å²) in [5.41, 5.74) is 2.54. The molecule has 1 saturated heterocycles. The Bertz CT molecular complexity index is 687. The summed E-state index contributed by atoms with van der Waals surface area (Å²) in [4.78, 5) is 15.1. The van der Waals surface area contributed by atoms with E-state index in [1.807, 2.05) is 9.58 Å². The molecule has 2 fully saturated rings. The van der Waals surface area contributed by atoms with Crippen molar-refractivity contribution in [2.24, 2.45) is 0 Å². The second-order valence-corrected chi connectivity index (χ2v) is 9.05. The van der Waals surface area contributed by atoms with Gasteiger partial charge in [0.25, 0.3) is 5.91 Å². The number of hydrogen-bond donors (Lipinski definition) is 2. The van der Waals surface area contributed by atoms with Gasteiger partial charge in [-0.05, 0) is 58.3 Å². The molecule has 0 bridgehead atoms. The Morgan fingerprint density at radius 3 is 2.61 bits per heavy atom. The van der Waals surface area contributed by atoms with E-state index >= 15 is 0 Å². The van der Waals surface area contributed by atoms with Crippen LogP contribution in [0.1, 0.15) is 86.5 Å². The SMILES string of the molecule is CCn1nc(C(=O)N2CCCCC2)c2c1CCC(NCC1(O)CCCCC1)C2. The van der Waals surface area contributed by atoms with Crippen molar-refractivity contribution in [3.8, 4) is 0 Å². The number of aromatic nitrogens is 2. The third-order valence-electron chi connectivity index (χ3n) is 7.00. The lowest BCUT2D eigenvalue weighted by Gasteiger charge is -2.35. The highest BCUT2D eigenvalue weighted by Crippen LogP contribution is 2.30. The lowest BCUT2D eigenvalue weighted by Crippen LogP contribution is -2.47. The second kappa shape index (κ2) is 8.54. The number of nitrogens with one attached hydrogen (secondary N) is 1. The Kier molecular flexibility index (Phi) is 6.07. The van der Waals surface area contributed by atoms with Gasteiger partial charge in [-0.25, -0.2) is 0 Å². The molecule has 0 spiro atoms. The summed E-state index contributed by atoms with van der Waals surface area (Å²) in [5, 5.41) is 19.2. The molecule has 2 aliphatic carbocycles. The maximum atomic E-state index is 13.2. The number of fused-ring (bicyclic) bond motifs is 1. The fourth-order valence-electron chi connectivity index (χ4n) is 5.26. The van der Waals surface area contributed by atoms with Crippen molar-refractivity contribution < 1.29 is 9.90 Å². The molecule has 28 heavy (non-hydrogen) atoms. The van der Waals surface area contributed by atoms with E-state index < -0.39 is 5.60 Å². The van der Waals surface area contributed by atoms with Gasteiger partial charge in [-0.1, -0.05) is 19.3 Å². The van der Waals surface area contributed by atoms with Crippen LogP contribution in [0.2, 0.25) is 0 Å². The largest absolute Gasteiger partial charge is 0.389 e. The number of carbonyl (C=O) groups is 1. The van der Waals surface area contributed by atoms with Crippen LogP contribution in [0, 0.1) is 0 Å². The van der Waals surface area contributed by atoms with Gasteiger partial charge in [-0.3, -0.25) is 9.48 Å². The molecule has 0 aromatic carbocycles. The first-order chi connectivity index (χ1) is 13.6. The number of piperidine rings is 1. The first kappa shape index (κ1) is 19.9. The molecule has 1 amide bonds.